The normalized spacial score (nSPS) is 13.4. The number of anilines is 1. The Kier molecular flexibility index (Phi) is 10.4. The molecule has 0 radical (unpaired) electrons. The van der Waals surface area contributed by atoms with E-state index >= 15 is 0 Å². The number of rotatable bonds is 12. The molecule has 0 aromatic heterocycles. The van der Waals surface area contributed by atoms with Gasteiger partial charge in [0.2, 0.25) is 0 Å². The van der Waals surface area contributed by atoms with E-state index in [2.05, 4.69) is 10.8 Å². The molecule has 1 aliphatic rings. The van der Waals surface area contributed by atoms with Gasteiger partial charge in [0, 0.05) is 22.7 Å². The van der Waals surface area contributed by atoms with Crippen molar-refractivity contribution in [2.45, 2.75) is 13.0 Å². The lowest BCUT2D eigenvalue weighted by molar-refractivity contribution is 0.0167. The van der Waals surface area contributed by atoms with Crippen molar-refractivity contribution >= 4 is 36.3 Å². The maximum atomic E-state index is 14.8. The van der Waals surface area contributed by atoms with Crippen LogP contribution in [0.5, 0.6) is 0 Å². The van der Waals surface area contributed by atoms with Crippen LogP contribution in [0.2, 0.25) is 0 Å². The molecule has 0 unspecified atom stereocenters. The van der Waals surface area contributed by atoms with Crippen molar-refractivity contribution in [1.82, 2.24) is 11.0 Å². The molecular formula is C18H21F3IN3O5. The zero-order chi connectivity index (χ0) is 21.9. The SMILES string of the molecule is O=C(NOCCO)c1cc(CNOCCCO)c(F)c(F)c1NC1=C(F)C=IC=C1. The number of aliphatic hydroxyl groups excluding tert-OH is 2. The third-order valence-corrected chi connectivity index (χ3v) is 5.31. The average Bonchev–Trinajstić information content (AvgIpc) is 2.74. The molecule has 1 amide bonds. The minimum atomic E-state index is -1.38. The highest BCUT2D eigenvalue weighted by atomic mass is 127. The van der Waals surface area contributed by atoms with E-state index in [0.29, 0.717) is 6.42 Å². The zero-order valence-corrected chi connectivity index (χ0v) is 17.8. The number of allylic oxidation sites excluding steroid dienone is 2. The van der Waals surface area contributed by atoms with Gasteiger partial charge in [-0.15, -0.1) is 0 Å². The molecule has 2 rings (SSSR count). The summed E-state index contributed by atoms with van der Waals surface area (Å²) in [5, 5.41) is 19.9. The van der Waals surface area contributed by atoms with Crippen molar-refractivity contribution in [2.24, 2.45) is 0 Å². The van der Waals surface area contributed by atoms with E-state index in [4.69, 9.17) is 19.9 Å². The first kappa shape index (κ1) is 24.4. The zero-order valence-electron chi connectivity index (χ0n) is 15.7. The number of nitrogens with one attached hydrogen (secondary N) is 3. The van der Waals surface area contributed by atoms with Crippen LogP contribution in [0.3, 0.4) is 0 Å². The molecular weight excluding hydrogens is 522 g/mol. The van der Waals surface area contributed by atoms with E-state index in [-0.39, 0.29) is 49.8 Å². The van der Waals surface area contributed by atoms with Crippen molar-refractivity contribution in [1.29, 1.82) is 0 Å². The maximum absolute atomic E-state index is 14.8. The second-order valence-electron chi connectivity index (χ2n) is 5.75. The molecule has 1 heterocycles. The van der Waals surface area contributed by atoms with Gasteiger partial charge in [0.25, 0.3) is 5.91 Å². The number of benzene rings is 1. The number of hydrogen-bond acceptors (Lipinski definition) is 7. The molecule has 1 aromatic rings. The lowest BCUT2D eigenvalue weighted by Gasteiger charge is -2.17. The van der Waals surface area contributed by atoms with Crippen LogP contribution in [0.15, 0.2) is 27.7 Å². The molecule has 0 aliphatic carbocycles. The number of hydroxylamine groups is 2. The van der Waals surface area contributed by atoms with Gasteiger partial charge in [-0.25, -0.2) is 18.7 Å². The van der Waals surface area contributed by atoms with Gasteiger partial charge in [-0.2, -0.15) is 5.48 Å². The molecule has 0 saturated carbocycles. The summed E-state index contributed by atoms with van der Waals surface area (Å²) >= 11 is -0.599. The lowest BCUT2D eigenvalue weighted by atomic mass is 10.1. The van der Waals surface area contributed by atoms with Gasteiger partial charge >= 0.3 is 0 Å². The third kappa shape index (κ3) is 6.85. The van der Waals surface area contributed by atoms with Crippen molar-refractivity contribution in [3.63, 3.8) is 0 Å². The lowest BCUT2D eigenvalue weighted by Crippen LogP contribution is -2.27. The highest BCUT2D eigenvalue weighted by molar-refractivity contribution is 14.2. The molecule has 8 nitrogen and oxygen atoms in total. The summed E-state index contributed by atoms with van der Waals surface area (Å²) in [5.74, 6) is -4.19. The molecule has 1 aliphatic heterocycles. The van der Waals surface area contributed by atoms with E-state index in [1.165, 1.54) is 10.1 Å². The molecule has 0 spiro atoms. The summed E-state index contributed by atoms with van der Waals surface area (Å²) in [6.45, 7) is -0.815. The molecule has 12 heteroatoms. The summed E-state index contributed by atoms with van der Waals surface area (Å²) in [6.07, 6.45) is 1.74. The number of halogens is 4. The van der Waals surface area contributed by atoms with Crippen molar-refractivity contribution in [2.75, 3.05) is 31.7 Å². The van der Waals surface area contributed by atoms with Gasteiger partial charge < -0.3 is 20.4 Å². The number of hydrogen-bond donors (Lipinski definition) is 5. The quantitative estimate of drug-likeness (QED) is 0.156. The maximum Gasteiger partial charge on any atom is 0.277 e. The Morgan fingerprint density at radius 1 is 1.10 bits per heavy atom. The Morgan fingerprint density at radius 3 is 2.60 bits per heavy atom. The average molecular weight is 543 g/mol. The second-order valence-corrected chi connectivity index (χ2v) is 7.81. The predicted molar refractivity (Wildman–Crippen MR) is 112 cm³/mol. The number of aliphatic hydroxyl groups is 2. The van der Waals surface area contributed by atoms with Crippen molar-refractivity contribution < 1.29 is 37.9 Å². The van der Waals surface area contributed by atoms with E-state index in [0.717, 1.165) is 6.07 Å². The summed E-state index contributed by atoms with van der Waals surface area (Å²) in [6, 6.07) is 1.07. The van der Waals surface area contributed by atoms with Crippen molar-refractivity contribution in [3.8, 4) is 0 Å². The molecule has 166 valence electrons. The summed E-state index contributed by atoms with van der Waals surface area (Å²) in [5.41, 5.74) is 3.19. The predicted octanol–water partition coefficient (Wildman–Crippen LogP) is 1.92. The van der Waals surface area contributed by atoms with Gasteiger partial charge in [-0.05, 0) is 22.6 Å². The topological polar surface area (TPSA) is 112 Å². The van der Waals surface area contributed by atoms with E-state index in [1.807, 2.05) is 5.48 Å². The first-order chi connectivity index (χ1) is 14.5. The number of amides is 1. The Hall–Kier alpha value is -1.84. The summed E-state index contributed by atoms with van der Waals surface area (Å²) in [4.78, 5) is 22.2. The van der Waals surface area contributed by atoms with E-state index in [1.54, 1.807) is 4.08 Å². The molecule has 0 atom stereocenters. The molecule has 0 fully saturated rings. The van der Waals surface area contributed by atoms with Gasteiger partial charge in [0.15, 0.2) is 17.5 Å². The van der Waals surface area contributed by atoms with Crippen molar-refractivity contribution in [3.05, 3.63) is 50.5 Å². The van der Waals surface area contributed by atoms with Crippen LogP contribution in [0.1, 0.15) is 22.3 Å². The van der Waals surface area contributed by atoms with Crippen LogP contribution < -0.4 is 16.3 Å². The Balaban J connectivity index is 2.33. The molecule has 0 saturated heterocycles. The Labute approximate surface area is 180 Å². The van der Waals surface area contributed by atoms with Gasteiger partial charge in [-0.3, -0.25) is 9.63 Å². The van der Waals surface area contributed by atoms with Crippen LogP contribution >= 0.6 is 20.7 Å². The minimum absolute atomic E-state index is 0.0938. The Bertz CT molecular complexity index is 849. The third-order valence-electron chi connectivity index (χ3n) is 3.63. The highest BCUT2D eigenvalue weighted by Gasteiger charge is 2.24. The standard InChI is InChI=1S/C18H21F3IN3O5/c19-13-9-22-3-2-14(13)24-17-12(18(28)25-30-7-5-27)8-11(15(20)16(17)21)10-23-29-6-1-4-26/h2-3,8-9,23-24,26-27H,1,4-7,10H2,(H,25,28). The van der Waals surface area contributed by atoms with Crippen LogP contribution in [-0.4, -0.2) is 46.6 Å². The molecule has 1 aromatic carbocycles. The van der Waals surface area contributed by atoms with E-state index in [9.17, 15) is 18.0 Å². The smallest absolute Gasteiger partial charge is 0.277 e. The largest absolute Gasteiger partial charge is 0.396 e. The Morgan fingerprint density at radius 2 is 1.90 bits per heavy atom. The molecule has 30 heavy (non-hydrogen) atoms. The van der Waals surface area contributed by atoms with Crippen LogP contribution in [0.25, 0.3) is 0 Å². The summed E-state index contributed by atoms with van der Waals surface area (Å²) < 4.78 is 46.5. The first-order valence-electron chi connectivity index (χ1n) is 8.77. The van der Waals surface area contributed by atoms with Gasteiger partial charge in [0.05, 0.1) is 36.8 Å². The van der Waals surface area contributed by atoms with Crippen LogP contribution in [-0.2, 0) is 16.2 Å². The summed E-state index contributed by atoms with van der Waals surface area (Å²) in [7, 11) is 0. The second kappa shape index (κ2) is 12.8. The molecule has 0 bridgehead atoms. The highest BCUT2D eigenvalue weighted by Crippen LogP contribution is 2.29. The molecule has 5 N–H and O–H groups in total. The first-order valence-corrected chi connectivity index (χ1v) is 11.3. The minimum Gasteiger partial charge on any atom is -0.396 e. The number of carbonyl (C=O) groups excluding carboxylic acids is 1. The fraction of sp³-hybridized carbons (Fsp3) is 0.333. The number of carbonyl (C=O) groups is 1. The van der Waals surface area contributed by atoms with Crippen LogP contribution in [0.4, 0.5) is 18.9 Å². The van der Waals surface area contributed by atoms with E-state index < -0.39 is 49.8 Å². The fourth-order valence-corrected chi connectivity index (χ4v) is 3.65. The monoisotopic (exact) mass is 543 g/mol. The van der Waals surface area contributed by atoms with Gasteiger partial charge in [-0.1, -0.05) is 20.7 Å². The van der Waals surface area contributed by atoms with Gasteiger partial charge in [0.1, 0.15) is 0 Å². The van der Waals surface area contributed by atoms with Crippen LogP contribution in [0, 0.1) is 11.6 Å². The fourth-order valence-electron chi connectivity index (χ4n) is 2.23.